The highest BCUT2D eigenvalue weighted by Crippen LogP contribution is 2.30. The molecule has 1 aliphatic heterocycles. The molecular formula is C18H30N2. The lowest BCUT2D eigenvalue weighted by molar-refractivity contribution is 0.484. The number of nitrogens with one attached hydrogen (secondary N) is 1. The Kier molecular flexibility index (Phi) is 5.90. The molecule has 112 valence electrons. The minimum absolute atomic E-state index is 0.647. The van der Waals surface area contributed by atoms with E-state index >= 15 is 0 Å². The molecule has 2 nitrogen and oxygen atoms in total. The molecule has 0 bridgehead atoms. The first-order chi connectivity index (χ1) is 9.76. The molecule has 2 heteroatoms. The van der Waals surface area contributed by atoms with Crippen LogP contribution in [0.2, 0.25) is 0 Å². The molecule has 1 N–H and O–H groups in total. The molecule has 0 aromatic heterocycles. The maximum atomic E-state index is 3.62. The van der Waals surface area contributed by atoms with E-state index in [1.165, 1.54) is 49.9 Å². The summed E-state index contributed by atoms with van der Waals surface area (Å²) in [5.41, 5.74) is 4.42. The van der Waals surface area contributed by atoms with Gasteiger partial charge in [0.15, 0.2) is 0 Å². The van der Waals surface area contributed by atoms with Gasteiger partial charge in [-0.05, 0) is 50.8 Å². The van der Waals surface area contributed by atoms with Gasteiger partial charge in [0.05, 0.1) is 0 Å². The molecular weight excluding hydrogens is 244 g/mol. The summed E-state index contributed by atoms with van der Waals surface area (Å²) in [6.07, 6.45) is 6.30. The molecule has 2 rings (SSSR count). The van der Waals surface area contributed by atoms with Crippen molar-refractivity contribution in [2.75, 3.05) is 24.5 Å². The minimum atomic E-state index is 0.647. The van der Waals surface area contributed by atoms with Crippen LogP contribution in [0.5, 0.6) is 0 Å². The summed E-state index contributed by atoms with van der Waals surface area (Å²) in [4.78, 5) is 2.66. The summed E-state index contributed by atoms with van der Waals surface area (Å²) < 4.78 is 0. The molecule has 0 saturated heterocycles. The second kappa shape index (κ2) is 7.68. The molecule has 0 fully saturated rings. The highest BCUT2D eigenvalue weighted by molar-refractivity contribution is 5.57. The SMILES string of the molecule is CCCNCC(CCC)N1CCCc2cc(C)ccc21. The van der Waals surface area contributed by atoms with E-state index in [2.05, 4.69) is 49.2 Å². The van der Waals surface area contributed by atoms with Crippen LogP contribution in [0, 0.1) is 6.92 Å². The minimum Gasteiger partial charge on any atom is -0.367 e. The van der Waals surface area contributed by atoms with Crippen LogP contribution < -0.4 is 10.2 Å². The van der Waals surface area contributed by atoms with Gasteiger partial charge in [-0.15, -0.1) is 0 Å². The largest absolute Gasteiger partial charge is 0.367 e. The number of anilines is 1. The van der Waals surface area contributed by atoms with Crippen LogP contribution in [0.15, 0.2) is 18.2 Å². The Hall–Kier alpha value is -1.02. The quantitative estimate of drug-likeness (QED) is 0.758. The van der Waals surface area contributed by atoms with Crippen LogP contribution in [0.4, 0.5) is 5.69 Å². The Morgan fingerprint density at radius 2 is 2.10 bits per heavy atom. The van der Waals surface area contributed by atoms with Crippen molar-refractivity contribution >= 4 is 5.69 Å². The van der Waals surface area contributed by atoms with Crippen LogP contribution in [0.25, 0.3) is 0 Å². The van der Waals surface area contributed by atoms with Crippen molar-refractivity contribution in [3.63, 3.8) is 0 Å². The third-order valence-electron chi connectivity index (χ3n) is 4.26. The number of benzene rings is 1. The van der Waals surface area contributed by atoms with Crippen LogP contribution in [-0.4, -0.2) is 25.7 Å². The van der Waals surface area contributed by atoms with Crippen LogP contribution in [0.3, 0.4) is 0 Å². The van der Waals surface area contributed by atoms with Crippen molar-refractivity contribution in [1.29, 1.82) is 0 Å². The second-order valence-electron chi connectivity index (χ2n) is 6.08. The zero-order valence-electron chi connectivity index (χ0n) is 13.4. The molecule has 1 aromatic carbocycles. The standard InChI is InChI=1S/C18H30N2/c1-4-7-17(14-19-11-5-2)20-12-6-8-16-13-15(3)9-10-18(16)20/h9-10,13,17,19H,4-8,11-12,14H2,1-3H3. The van der Waals surface area contributed by atoms with E-state index < -0.39 is 0 Å². The van der Waals surface area contributed by atoms with Gasteiger partial charge in [-0.25, -0.2) is 0 Å². The normalized spacial score (nSPS) is 16.1. The molecule has 0 amide bonds. The van der Waals surface area contributed by atoms with E-state index in [0.717, 1.165) is 13.1 Å². The topological polar surface area (TPSA) is 15.3 Å². The maximum Gasteiger partial charge on any atom is 0.0414 e. The average Bonchev–Trinajstić information content (AvgIpc) is 2.45. The second-order valence-corrected chi connectivity index (χ2v) is 6.08. The number of hydrogen-bond donors (Lipinski definition) is 1. The summed E-state index contributed by atoms with van der Waals surface area (Å²) >= 11 is 0. The molecule has 1 heterocycles. The van der Waals surface area contributed by atoms with Crippen LogP contribution in [-0.2, 0) is 6.42 Å². The van der Waals surface area contributed by atoms with Gasteiger partial charge < -0.3 is 10.2 Å². The van der Waals surface area contributed by atoms with E-state index in [-0.39, 0.29) is 0 Å². The summed E-state index contributed by atoms with van der Waals surface area (Å²) in [5.74, 6) is 0. The van der Waals surface area contributed by atoms with E-state index in [9.17, 15) is 0 Å². The van der Waals surface area contributed by atoms with E-state index in [0.29, 0.717) is 6.04 Å². The molecule has 0 radical (unpaired) electrons. The van der Waals surface area contributed by atoms with Gasteiger partial charge in [-0.3, -0.25) is 0 Å². The Bertz CT molecular complexity index is 414. The van der Waals surface area contributed by atoms with Gasteiger partial charge in [0.1, 0.15) is 0 Å². The zero-order valence-corrected chi connectivity index (χ0v) is 13.4. The summed E-state index contributed by atoms with van der Waals surface area (Å²) in [5, 5.41) is 3.62. The third kappa shape index (κ3) is 3.76. The van der Waals surface area contributed by atoms with Crippen molar-refractivity contribution < 1.29 is 0 Å². The van der Waals surface area contributed by atoms with E-state index in [1.807, 2.05) is 0 Å². The van der Waals surface area contributed by atoms with E-state index in [1.54, 1.807) is 5.56 Å². The predicted molar refractivity (Wildman–Crippen MR) is 88.7 cm³/mol. The van der Waals surface area contributed by atoms with Crippen molar-refractivity contribution in [2.45, 2.75) is 58.9 Å². The lowest BCUT2D eigenvalue weighted by atomic mass is 9.97. The van der Waals surface area contributed by atoms with Gasteiger partial charge in [0.25, 0.3) is 0 Å². The lowest BCUT2D eigenvalue weighted by Gasteiger charge is -2.38. The molecule has 0 aliphatic carbocycles. The van der Waals surface area contributed by atoms with Crippen molar-refractivity contribution in [1.82, 2.24) is 5.32 Å². The molecule has 1 aliphatic rings. The maximum absolute atomic E-state index is 3.62. The van der Waals surface area contributed by atoms with Gasteiger partial charge in [-0.2, -0.15) is 0 Å². The Balaban J connectivity index is 2.13. The number of aryl methyl sites for hydroxylation is 2. The van der Waals surface area contributed by atoms with Gasteiger partial charge >= 0.3 is 0 Å². The van der Waals surface area contributed by atoms with Crippen LogP contribution in [0.1, 0.15) is 50.7 Å². The number of fused-ring (bicyclic) bond motifs is 1. The van der Waals surface area contributed by atoms with E-state index in [4.69, 9.17) is 0 Å². The molecule has 1 aromatic rings. The Labute approximate surface area is 124 Å². The summed E-state index contributed by atoms with van der Waals surface area (Å²) in [6.45, 7) is 10.2. The number of hydrogen-bond acceptors (Lipinski definition) is 2. The molecule has 20 heavy (non-hydrogen) atoms. The Morgan fingerprint density at radius 3 is 2.85 bits per heavy atom. The highest BCUT2D eigenvalue weighted by Gasteiger charge is 2.23. The fraction of sp³-hybridized carbons (Fsp3) is 0.667. The Morgan fingerprint density at radius 1 is 1.25 bits per heavy atom. The molecule has 1 atom stereocenters. The fourth-order valence-electron chi connectivity index (χ4n) is 3.28. The number of nitrogens with zero attached hydrogens (tertiary/aromatic N) is 1. The first-order valence-corrected chi connectivity index (χ1v) is 8.33. The summed E-state index contributed by atoms with van der Waals surface area (Å²) in [7, 11) is 0. The van der Waals surface area contributed by atoms with Crippen LogP contribution >= 0.6 is 0 Å². The molecule has 1 unspecified atom stereocenters. The smallest absolute Gasteiger partial charge is 0.0414 e. The van der Waals surface area contributed by atoms with Gasteiger partial charge in [0, 0.05) is 24.8 Å². The van der Waals surface area contributed by atoms with Gasteiger partial charge in [0.2, 0.25) is 0 Å². The molecule has 0 saturated carbocycles. The molecule has 0 spiro atoms. The van der Waals surface area contributed by atoms with Crippen molar-refractivity contribution in [2.24, 2.45) is 0 Å². The first kappa shape index (κ1) is 15.4. The third-order valence-corrected chi connectivity index (χ3v) is 4.26. The average molecular weight is 274 g/mol. The number of rotatable bonds is 7. The first-order valence-electron chi connectivity index (χ1n) is 8.33. The van der Waals surface area contributed by atoms with Crippen molar-refractivity contribution in [3.8, 4) is 0 Å². The fourth-order valence-corrected chi connectivity index (χ4v) is 3.28. The van der Waals surface area contributed by atoms with Gasteiger partial charge in [-0.1, -0.05) is 38.0 Å². The predicted octanol–water partition coefficient (Wildman–Crippen LogP) is 3.92. The highest BCUT2D eigenvalue weighted by atomic mass is 15.2. The lowest BCUT2D eigenvalue weighted by Crippen LogP contribution is -2.45. The van der Waals surface area contributed by atoms with Crippen molar-refractivity contribution in [3.05, 3.63) is 29.3 Å². The summed E-state index contributed by atoms with van der Waals surface area (Å²) in [6, 6.07) is 7.63. The monoisotopic (exact) mass is 274 g/mol. The zero-order chi connectivity index (χ0) is 14.4.